The van der Waals surface area contributed by atoms with E-state index in [-0.39, 0.29) is 0 Å². The van der Waals surface area contributed by atoms with Crippen molar-refractivity contribution in [1.29, 1.82) is 0 Å². The zero-order valence-electron chi connectivity index (χ0n) is 11.2. The molecule has 1 heterocycles. The Morgan fingerprint density at radius 2 is 2.22 bits per heavy atom. The Labute approximate surface area is 115 Å². The number of nitrogens with two attached hydrogens (primary N) is 1. The highest BCUT2D eigenvalue weighted by molar-refractivity contribution is 6.33. The molecule has 0 spiro atoms. The van der Waals surface area contributed by atoms with Crippen molar-refractivity contribution < 1.29 is 0 Å². The summed E-state index contributed by atoms with van der Waals surface area (Å²) in [5, 5.41) is 0.644. The summed E-state index contributed by atoms with van der Waals surface area (Å²) in [6.07, 6.45) is 2.59. The summed E-state index contributed by atoms with van der Waals surface area (Å²) in [4.78, 5) is 4.81. The van der Waals surface area contributed by atoms with Crippen LogP contribution in [0.15, 0.2) is 18.2 Å². The molecule has 4 heteroatoms. The van der Waals surface area contributed by atoms with E-state index in [9.17, 15) is 0 Å². The lowest BCUT2D eigenvalue weighted by Crippen LogP contribution is -2.37. The molecule has 2 N–H and O–H groups in total. The Kier molecular flexibility index (Phi) is 4.49. The Hall–Kier alpha value is -0.770. The lowest BCUT2D eigenvalue weighted by atomic mass is 10.1. The lowest BCUT2D eigenvalue weighted by molar-refractivity contribution is 0.201. The normalized spacial score (nSPS) is 20.8. The van der Waals surface area contributed by atoms with E-state index in [1.54, 1.807) is 0 Å². The third-order valence-electron chi connectivity index (χ3n) is 3.52. The molecule has 0 radical (unpaired) electrons. The zero-order chi connectivity index (χ0) is 13.1. The minimum atomic E-state index is 0.644. The molecule has 100 valence electrons. The van der Waals surface area contributed by atoms with Gasteiger partial charge >= 0.3 is 0 Å². The number of hydrogen-bond donors (Lipinski definition) is 1. The van der Waals surface area contributed by atoms with E-state index in [4.69, 9.17) is 17.3 Å². The monoisotopic (exact) mass is 267 g/mol. The Morgan fingerprint density at radius 3 is 2.89 bits per heavy atom. The van der Waals surface area contributed by atoms with Gasteiger partial charge in [-0.3, -0.25) is 4.90 Å². The maximum Gasteiger partial charge on any atom is 0.0635 e. The highest BCUT2D eigenvalue weighted by Gasteiger charge is 2.24. The van der Waals surface area contributed by atoms with Crippen molar-refractivity contribution in [2.24, 2.45) is 0 Å². The van der Waals surface area contributed by atoms with Crippen LogP contribution in [-0.2, 0) is 6.54 Å². The van der Waals surface area contributed by atoms with Crippen LogP contribution in [0.1, 0.15) is 18.4 Å². The van der Waals surface area contributed by atoms with Crippen LogP contribution < -0.4 is 5.73 Å². The topological polar surface area (TPSA) is 32.5 Å². The van der Waals surface area contributed by atoms with Crippen molar-refractivity contribution in [1.82, 2.24) is 9.80 Å². The second-order valence-corrected chi connectivity index (χ2v) is 5.79. The van der Waals surface area contributed by atoms with Gasteiger partial charge in [-0.25, -0.2) is 0 Å². The molecule has 1 unspecified atom stereocenters. The summed E-state index contributed by atoms with van der Waals surface area (Å²) in [5.41, 5.74) is 7.78. The molecular weight excluding hydrogens is 246 g/mol. The third-order valence-corrected chi connectivity index (χ3v) is 3.87. The largest absolute Gasteiger partial charge is 0.398 e. The summed E-state index contributed by atoms with van der Waals surface area (Å²) >= 11 is 5.95. The van der Waals surface area contributed by atoms with Crippen LogP contribution in [0.3, 0.4) is 0 Å². The predicted molar refractivity (Wildman–Crippen MR) is 77.9 cm³/mol. The van der Waals surface area contributed by atoms with Gasteiger partial charge in [0.1, 0.15) is 0 Å². The van der Waals surface area contributed by atoms with E-state index in [2.05, 4.69) is 30.0 Å². The van der Waals surface area contributed by atoms with Gasteiger partial charge < -0.3 is 10.6 Å². The number of nitrogens with zero attached hydrogens (tertiary/aromatic N) is 2. The first kappa shape index (κ1) is 13.7. The molecule has 1 fully saturated rings. The van der Waals surface area contributed by atoms with Crippen molar-refractivity contribution in [2.75, 3.05) is 32.9 Å². The Balaban J connectivity index is 2.01. The van der Waals surface area contributed by atoms with Gasteiger partial charge in [-0.1, -0.05) is 17.7 Å². The fourth-order valence-electron chi connectivity index (χ4n) is 2.66. The van der Waals surface area contributed by atoms with Crippen LogP contribution >= 0.6 is 11.6 Å². The molecule has 2 rings (SSSR count). The number of likely N-dealkylation sites (N-methyl/N-ethyl adjacent to an activating group) is 1. The van der Waals surface area contributed by atoms with Crippen LogP contribution in [0.25, 0.3) is 0 Å². The van der Waals surface area contributed by atoms with Crippen molar-refractivity contribution in [2.45, 2.75) is 25.4 Å². The minimum absolute atomic E-state index is 0.644. The molecule has 1 aromatic carbocycles. The number of anilines is 1. The molecule has 1 aliphatic rings. The molecule has 0 aromatic heterocycles. The van der Waals surface area contributed by atoms with Crippen LogP contribution in [0.5, 0.6) is 0 Å². The summed E-state index contributed by atoms with van der Waals surface area (Å²) in [6.45, 7) is 3.28. The smallest absolute Gasteiger partial charge is 0.0635 e. The molecule has 0 bridgehead atoms. The number of benzene rings is 1. The first-order chi connectivity index (χ1) is 8.56. The second-order valence-electron chi connectivity index (χ2n) is 5.38. The maximum absolute atomic E-state index is 5.95. The fourth-order valence-corrected chi connectivity index (χ4v) is 2.78. The van der Waals surface area contributed by atoms with Crippen LogP contribution in [0.2, 0.25) is 5.02 Å². The molecule has 3 nitrogen and oxygen atoms in total. The average Bonchev–Trinajstić information content (AvgIpc) is 2.70. The predicted octanol–water partition coefficient (Wildman–Crippen LogP) is 2.45. The average molecular weight is 268 g/mol. The molecular formula is C14H22ClN3. The van der Waals surface area contributed by atoms with Crippen molar-refractivity contribution in [3.05, 3.63) is 28.8 Å². The van der Waals surface area contributed by atoms with Gasteiger partial charge in [0.2, 0.25) is 0 Å². The van der Waals surface area contributed by atoms with Crippen molar-refractivity contribution in [3.63, 3.8) is 0 Å². The van der Waals surface area contributed by atoms with E-state index >= 15 is 0 Å². The van der Waals surface area contributed by atoms with Crippen molar-refractivity contribution in [3.8, 4) is 0 Å². The molecule has 1 saturated heterocycles. The standard InChI is InChI=1S/C14H22ClN3/c1-17(2)10-12-4-3-7-18(12)9-11-5-6-13(15)14(16)8-11/h5-6,8,12H,3-4,7,9-10,16H2,1-2H3. The molecule has 1 aromatic rings. The fraction of sp³-hybridized carbons (Fsp3) is 0.571. The summed E-state index contributed by atoms with van der Waals surface area (Å²) in [5.74, 6) is 0. The quantitative estimate of drug-likeness (QED) is 0.851. The number of halogens is 1. The SMILES string of the molecule is CN(C)CC1CCCN1Cc1ccc(Cl)c(N)c1. The minimum Gasteiger partial charge on any atom is -0.398 e. The third kappa shape index (κ3) is 3.37. The highest BCUT2D eigenvalue weighted by atomic mass is 35.5. The number of nitrogen functional groups attached to an aromatic ring is 1. The van der Waals surface area contributed by atoms with E-state index < -0.39 is 0 Å². The first-order valence-corrected chi connectivity index (χ1v) is 6.87. The van der Waals surface area contributed by atoms with Gasteiger partial charge in [0.25, 0.3) is 0 Å². The molecule has 1 aliphatic heterocycles. The lowest BCUT2D eigenvalue weighted by Gasteiger charge is -2.27. The molecule has 0 saturated carbocycles. The van der Waals surface area contributed by atoms with Gasteiger partial charge in [0.05, 0.1) is 10.7 Å². The first-order valence-electron chi connectivity index (χ1n) is 6.49. The van der Waals surface area contributed by atoms with Crippen LogP contribution in [-0.4, -0.2) is 43.0 Å². The Bertz CT molecular complexity index is 406. The van der Waals surface area contributed by atoms with Gasteiger partial charge in [-0.15, -0.1) is 0 Å². The molecule has 18 heavy (non-hydrogen) atoms. The van der Waals surface area contributed by atoms with Gasteiger partial charge in [0.15, 0.2) is 0 Å². The molecule has 1 atom stereocenters. The number of likely N-dealkylation sites (tertiary alicyclic amines) is 1. The molecule has 0 aliphatic carbocycles. The van der Waals surface area contributed by atoms with E-state index in [0.717, 1.165) is 13.1 Å². The van der Waals surface area contributed by atoms with E-state index in [1.807, 2.05) is 12.1 Å². The van der Waals surface area contributed by atoms with Crippen molar-refractivity contribution >= 4 is 17.3 Å². The van der Waals surface area contributed by atoms with Gasteiger partial charge in [0, 0.05) is 19.1 Å². The summed E-state index contributed by atoms with van der Waals surface area (Å²) in [6, 6.07) is 6.62. The second kappa shape index (κ2) is 5.91. The van der Waals surface area contributed by atoms with E-state index in [1.165, 1.54) is 24.9 Å². The molecule has 0 amide bonds. The number of hydrogen-bond acceptors (Lipinski definition) is 3. The Morgan fingerprint density at radius 1 is 1.44 bits per heavy atom. The summed E-state index contributed by atoms with van der Waals surface area (Å²) in [7, 11) is 4.27. The van der Waals surface area contributed by atoms with Crippen LogP contribution in [0.4, 0.5) is 5.69 Å². The highest BCUT2D eigenvalue weighted by Crippen LogP contribution is 2.24. The number of rotatable bonds is 4. The van der Waals surface area contributed by atoms with E-state index in [0.29, 0.717) is 16.8 Å². The van der Waals surface area contributed by atoms with Crippen LogP contribution in [0, 0.1) is 0 Å². The zero-order valence-corrected chi connectivity index (χ0v) is 12.0. The van der Waals surface area contributed by atoms with Gasteiger partial charge in [-0.05, 0) is 51.2 Å². The van der Waals surface area contributed by atoms with Gasteiger partial charge in [-0.2, -0.15) is 0 Å². The summed E-state index contributed by atoms with van der Waals surface area (Å²) < 4.78 is 0. The maximum atomic E-state index is 5.95.